The lowest BCUT2D eigenvalue weighted by Gasteiger charge is -2.47. The number of hydrogen-bond acceptors (Lipinski definition) is 4. The van der Waals surface area contributed by atoms with Crippen LogP contribution in [-0.4, -0.2) is 30.5 Å². The molecule has 1 aliphatic heterocycles. The van der Waals surface area contributed by atoms with Crippen molar-refractivity contribution in [1.82, 2.24) is 10.6 Å². The first kappa shape index (κ1) is 24.2. The fourth-order valence-electron chi connectivity index (χ4n) is 4.01. The Morgan fingerprint density at radius 1 is 0.941 bits per heavy atom. The molecule has 4 rings (SSSR count). The number of carbonyl (C=O) groups excluding carboxylic acids is 2. The summed E-state index contributed by atoms with van der Waals surface area (Å²) in [6.45, 7) is 4.19. The second-order valence-electron chi connectivity index (χ2n) is 8.84. The molecule has 0 bridgehead atoms. The van der Waals surface area contributed by atoms with Gasteiger partial charge in [0, 0.05) is 26.6 Å². The normalized spacial score (nSPS) is 20.9. The quantitative estimate of drug-likeness (QED) is 0.389. The predicted octanol–water partition coefficient (Wildman–Crippen LogP) is 5.92. The van der Waals surface area contributed by atoms with Gasteiger partial charge in [0.1, 0.15) is 6.04 Å². The van der Waals surface area contributed by atoms with Crippen LogP contribution in [0.15, 0.2) is 94.4 Å². The average Bonchev–Trinajstić information content (AvgIpc) is 3.01. The molecule has 5 nitrogen and oxygen atoms in total. The van der Waals surface area contributed by atoms with Crippen LogP contribution in [0.2, 0.25) is 0 Å². The number of β-lactam (4-membered cyclic amide) rings is 1. The number of hydrogen-bond donors (Lipinski definition) is 2. The van der Waals surface area contributed by atoms with Crippen LogP contribution in [0.25, 0.3) is 0 Å². The highest BCUT2D eigenvalue weighted by atomic mass is 32.2. The number of allylic oxidation sites excluding steroid dienone is 5. The summed E-state index contributed by atoms with van der Waals surface area (Å²) in [6.07, 6.45) is 13.8. The number of benzene rings is 2. The zero-order chi connectivity index (χ0) is 24.3. The van der Waals surface area contributed by atoms with Gasteiger partial charge in [-0.1, -0.05) is 44.2 Å². The molecule has 2 aromatic carbocycles. The van der Waals surface area contributed by atoms with Crippen LogP contribution in [0.4, 0.5) is 10.5 Å². The van der Waals surface area contributed by atoms with Gasteiger partial charge >= 0.3 is 6.03 Å². The van der Waals surface area contributed by atoms with E-state index in [0.717, 1.165) is 21.0 Å². The van der Waals surface area contributed by atoms with Gasteiger partial charge in [-0.05, 0) is 66.6 Å². The van der Waals surface area contributed by atoms with Crippen LogP contribution in [0, 0.1) is 5.41 Å². The zero-order valence-corrected chi connectivity index (χ0v) is 21.4. The SMILES string of the molecule is CSc1ccc(C2C(NC(=O)NC3=CC=CC(C)(C)C=C3)C(=O)N2c2ccc(SC)cc2)cc1. The van der Waals surface area contributed by atoms with Gasteiger partial charge in [0.25, 0.3) is 5.91 Å². The summed E-state index contributed by atoms with van der Waals surface area (Å²) < 4.78 is 0. The minimum absolute atomic E-state index is 0.0826. The Morgan fingerprint density at radius 3 is 2.18 bits per heavy atom. The Kier molecular flexibility index (Phi) is 7.24. The molecule has 7 heteroatoms. The molecule has 2 N–H and O–H groups in total. The molecule has 3 amide bonds. The molecule has 0 spiro atoms. The summed E-state index contributed by atoms with van der Waals surface area (Å²) >= 11 is 3.33. The number of carbonyl (C=O) groups is 2. The number of rotatable bonds is 6. The van der Waals surface area contributed by atoms with E-state index in [1.165, 1.54) is 0 Å². The maximum absolute atomic E-state index is 13.2. The number of thioether (sulfide) groups is 2. The molecule has 34 heavy (non-hydrogen) atoms. The number of anilines is 1. The first-order chi connectivity index (χ1) is 16.3. The van der Waals surface area contributed by atoms with Crippen molar-refractivity contribution in [3.8, 4) is 0 Å². The molecule has 2 aliphatic rings. The Hall–Kier alpha value is -2.90. The van der Waals surface area contributed by atoms with Gasteiger partial charge in [-0.3, -0.25) is 4.79 Å². The van der Waals surface area contributed by atoms with Gasteiger partial charge in [-0.2, -0.15) is 0 Å². The lowest BCUT2D eigenvalue weighted by Crippen LogP contribution is -2.66. The monoisotopic (exact) mass is 491 g/mol. The van der Waals surface area contributed by atoms with Crippen LogP contribution < -0.4 is 15.5 Å². The van der Waals surface area contributed by atoms with E-state index in [4.69, 9.17) is 0 Å². The van der Waals surface area contributed by atoms with Crippen molar-refractivity contribution in [2.45, 2.75) is 35.7 Å². The minimum atomic E-state index is -0.650. The maximum atomic E-state index is 13.2. The Morgan fingerprint density at radius 2 is 1.56 bits per heavy atom. The van der Waals surface area contributed by atoms with Crippen molar-refractivity contribution < 1.29 is 9.59 Å². The third-order valence-electron chi connectivity index (χ3n) is 5.94. The molecule has 1 aliphatic carbocycles. The molecule has 1 saturated heterocycles. The average molecular weight is 492 g/mol. The van der Waals surface area contributed by atoms with E-state index in [1.54, 1.807) is 28.4 Å². The van der Waals surface area contributed by atoms with Gasteiger partial charge in [-0.15, -0.1) is 23.5 Å². The highest BCUT2D eigenvalue weighted by Crippen LogP contribution is 2.40. The van der Waals surface area contributed by atoms with E-state index in [0.29, 0.717) is 5.70 Å². The molecule has 2 unspecified atom stereocenters. The third-order valence-corrected chi connectivity index (χ3v) is 7.43. The fourth-order valence-corrected chi connectivity index (χ4v) is 4.83. The number of nitrogens with one attached hydrogen (secondary N) is 2. The minimum Gasteiger partial charge on any atom is -0.324 e. The second-order valence-corrected chi connectivity index (χ2v) is 10.6. The largest absolute Gasteiger partial charge is 0.324 e. The molecule has 0 aromatic heterocycles. The molecule has 1 heterocycles. The second kappa shape index (κ2) is 10.2. The van der Waals surface area contributed by atoms with Crippen molar-refractivity contribution in [2.75, 3.05) is 17.4 Å². The standard InChI is InChI=1S/C27H29N3O2S2/c1-27(2)16-5-6-19(15-17-27)28-26(32)29-23-24(18-7-11-21(33-3)12-8-18)30(25(23)31)20-9-13-22(34-4)14-10-20/h5-17,23-24H,1-4H3,(H2,28,29,32). The van der Waals surface area contributed by atoms with E-state index < -0.39 is 12.1 Å². The molecule has 0 saturated carbocycles. The number of amides is 3. The summed E-state index contributed by atoms with van der Waals surface area (Å²) in [5.41, 5.74) is 2.40. The topological polar surface area (TPSA) is 61.4 Å². The third kappa shape index (κ3) is 5.26. The van der Waals surface area contributed by atoms with Gasteiger partial charge in [-0.25, -0.2) is 4.79 Å². The molecular formula is C27H29N3O2S2. The molecule has 1 fully saturated rings. The Labute approximate surface area is 209 Å². The van der Waals surface area contributed by atoms with E-state index >= 15 is 0 Å². The summed E-state index contributed by atoms with van der Waals surface area (Å²) in [5, 5.41) is 5.78. The lowest BCUT2D eigenvalue weighted by molar-refractivity contribution is -0.127. The van der Waals surface area contributed by atoms with Crippen molar-refractivity contribution in [1.29, 1.82) is 0 Å². The smallest absolute Gasteiger partial charge is 0.319 e. The predicted molar refractivity (Wildman–Crippen MR) is 142 cm³/mol. The zero-order valence-electron chi connectivity index (χ0n) is 19.7. The van der Waals surface area contributed by atoms with Crippen LogP contribution >= 0.6 is 23.5 Å². The van der Waals surface area contributed by atoms with E-state index in [9.17, 15) is 9.59 Å². The van der Waals surface area contributed by atoms with E-state index in [2.05, 4.69) is 30.6 Å². The Balaban J connectivity index is 1.55. The summed E-state index contributed by atoms with van der Waals surface area (Å²) in [4.78, 5) is 30.1. The van der Waals surface area contributed by atoms with Gasteiger partial charge in [0.05, 0.1) is 6.04 Å². The molecular weight excluding hydrogens is 462 g/mol. The molecule has 2 atom stereocenters. The summed E-state index contributed by atoms with van der Waals surface area (Å²) in [5.74, 6) is -0.127. The highest BCUT2D eigenvalue weighted by molar-refractivity contribution is 7.98. The molecule has 176 valence electrons. The van der Waals surface area contributed by atoms with Crippen LogP contribution in [0.5, 0.6) is 0 Å². The number of nitrogens with zero attached hydrogens (tertiary/aromatic N) is 1. The summed E-state index contributed by atoms with van der Waals surface area (Å²) in [6, 6.07) is 14.7. The van der Waals surface area contributed by atoms with Crippen molar-refractivity contribution in [3.05, 3.63) is 90.2 Å². The van der Waals surface area contributed by atoms with Crippen LogP contribution in [-0.2, 0) is 4.79 Å². The van der Waals surface area contributed by atoms with E-state index in [1.807, 2.05) is 85.3 Å². The van der Waals surface area contributed by atoms with Crippen molar-refractivity contribution in [3.63, 3.8) is 0 Å². The van der Waals surface area contributed by atoms with Crippen LogP contribution in [0.1, 0.15) is 25.5 Å². The van der Waals surface area contributed by atoms with Gasteiger partial charge in [0.15, 0.2) is 0 Å². The molecule has 2 aromatic rings. The Bertz CT molecular complexity index is 1150. The fraction of sp³-hybridized carbons (Fsp3) is 0.259. The van der Waals surface area contributed by atoms with Gasteiger partial charge in [0.2, 0.25) is 0 Å². The van der Waals surface area contributed by atoms with Crippen molar-refractivity contribution >= 4 is 41.1 Å². The molecule has 0 radical (unpaired) electrons. The first-order valence-corrected chi connectivity index (χ1v) is 13.5. The highest BCUT2D eigenvalue weighted by Gasteiger charge is 2.49. The maximum Gasteiger partial charge on any atom is 0.319 e. The first-order valence-electron chi connectivity index (χ1n) is 11.1. The van der Waals surface area contributed by atoms with Crippen molar-refractivity contribution in [2.24, 2.45) is 5.41 Å². The van der Waals surface area contributed by atoms with Crippen LogP contribution in [0.3, 0.4) is 0 Å². The number of urea groups is 1. The summed E-state index contributed by atoms with van der Waals surface area (Å²) in [7, 11) is 0. The lowest BCUT2D eigenvalue weighted by atomic mass is 9.87. The van der Waals surface area contributed by atoms with E-state index in [-0.39, 0.29) is 17.4 Å². The van der Waals surface area contributed by atoms with Gasteiger partial charge < -0.3 is 15.5 Å².